The average Bonchev–Trinajstić information content (AvgIpc) is 3.53. The second kappa shape index (κ2) is 8.28. The van der Waals surface area contributed by atoms with Crippen molar-refractivity contribution in [2.24, 2.45) is 0 Å². The topological polar surface area (TPSA) is 63.5 Å². The lowest BCUT2D eigenvalue weighted by Gasteiger charge is -2.44. The molecule has 0 radical (unpaired) electrons. The highest BCUT2D eigenvalue weighted by Gasteiger charge is 2.37. The fraction of sp³-hybridized carbons (Fsp3) is 0.458. The van der Waals surface area contributed by atoms with Crippen LogP contribution in [0.5, 0.6) is 0 Å². The zero-order valence-corrected chi connectivity index (χ0v) is 19.4. The summed E-state index contributed by atoms with van der Waals surface area (Å²) in [5.74, 6) is 1.48. The standard InChI is InChI=1S/C24H28ClN5O2/c1-4-32-24(31)28-11-15(2)30(16(3)12-28)23-21-20(17-8-9-17)13-29(22(21)26-14-27-23)19-7-5-6-18(25)10-19/h5-7,10,13-17H,4,8-9,11-12H2,1-3H3/t15-,16-/m0/s1. The van der Waals surface area contributed by atoms with Crippen LogP contribution < -0.4 is 4.90 Å². The third kappa shape index (κ3) is 3.68. The monoisotopic (exact) mass is 453 g/mol. The number of piperazine rings is 1. The van der Waals surface area contributed by atoms with Gasteiger partial charge in [-0.15, -0.1) is 0 Å². The second-order valence-corrected chi connectivity index (χ2v) is 9.25. The number of carbonyl (C=O) groups is 1. The first-order chi connectivity index (χ1) is 15.5. The lowest BCUT2D eigenvalue weighted by molar-refractivity contribution is 0.0943. The summed E-state index contributed by atoms with van der Waals surface area (Å²) in [6.07, 6.45) is 5.97. The van der Waals surface area contributed by atoms with Crippen LogP contribution in [0.4, 0.5) is 10.6 Å². The lowest BCUT2D eigenvalue weighted by Crippen LogP contribution is -2.58. The van der Waals surface area contributed by atoms with Crippen LogP contribution >= 0.6 is 11.6 Å². The van der Waals surface area contributed by atoms with Crippen molar-refractivity contribution in [3.63, 3.8) is 0 Å². The van der Waals surface area contributed by atoms with Gasteiger partial charge >= 0.3 is 6.09 Å². The summed E-state index contributed by atoms with van der Waals surface area (Å²) < 4.78 is 7.37. The largest absolute Gasteiger partial charge is 0.450 e. The minimum Gasteiger partial charge on any atom is -0.450 e. The van der Waals surface area contributed by atoms with Crippen molar-refractivity contribution in [3.05, 3.63) is 47.4 Å². The van der Waals surface area contributed by atoms with E-state index in [4.69, 9.17) is 21.3 Å². The van der Waals surface area contributed by atoms with Crippen molar-refractivity contribution in [2.75, 3.05) is 24.6 Å². The Morgan fingerprint density at radius 1 is 1.19 bits per heavy atom. The molecule has 1 aliphatic carbocycles. The molecular formula is C24H28ClN5O2. The lowest BCUT2D eigenvalue weighted by atomic mass is 10.1. The maximum absolute atomic E-state index is 12.3. The summed E-state index contributed by atoms with van der Waals surface area (Å²) in [4.78, 5) is 25.9. The highest BCUT2D eigenvalue weighted by Crippen LogP contribution is 2.46. The van der Waals surface area contributed by atoms with Crippen molar-refractivity contribution in [3.8, 4) is 5.69 Å². The molecule has 2 aliphatic rings. The molecule has 1 aromatic carbocycles. The number of carbonyl (C=O) groups excluding carboxylic acids is 1. The molecule has 3 aromatic rings. The average molecular weight is 454 g/mol. The summed E-state index contributed by atoms with van der Waals surface area (Å²) in [6, 6.07) is 8.05. The Bertz CT molecular complexity index is 1150. The molecule has 0 spiro atoms. The van der Waals surface area contributed by atoms with Crippen LogP contribution in [0.2, 0.25) is 5.02 Å². The van der Waals surface area contributed by atoms with Crippen molar-refractivity contribution in [1.82, 2.24) is 19.4 Å². The number of amides is 1. The van der Waals surface area contributed by atoms with Gasteiger partial charge in [0.15, 0.2) is 0 Å². The summed E-state index contributed by atoms with van der Waals surface area (Å²) >= 11 is 6.28. The van der Waals surface area contributed by atoms with Crippen molar-refractivity contribution in [1.29, 1.82) is 0 Å². The molecule has 5 rings (SSSR count). The van der Waals surface area contributed by atoms with Gasteiger partial charge in [0.25, 0.3) is 0 Å². The quantitative estimate of drug-likeness (QED) is 0.555. The number of aromatic nitrogens is 3. The normalized spacial score (nSPS) is 21.2. The number of anilines is 1. The molecule has 8 heteroatoms. The van der Waals surface area contributed by atoms with E-state index in [1.165, 1.54) is 18.4 Å². The number of benzene rings is 1. The van der Waals surface area contributed by atoms with Gasteiger partial charge in [-0.2, -0.15) is 0 Å². The number of ether oxygens (including phenoxy) is 1. The maximum Gasteiger partial charge on any atom is 0.409 e. The van der Waals surface area contributed by atoms with Gasteiger partial charge in [0.2, 0.25) is 0 Å². The van der Waals surface area contributed by atoms with Gasteiger partial charge in [-0.25, -0.2) is 14.8 Å². The van der Waals surface area contributed by atoms with Gasteiger partial charge in [-0.05, 0) is 63.3 Å². The molecule has 1 saturated heterocycles. The van der Waals surface area contributed by atoms with Crippen molar-refractivity contribution in [2.45, 2.75) is 51.6 Å². The molecule has 1 aliphatic heterocycles. The minimum absolute atomic E-state index is 0.0998. The van der Waals surface area contributed by atoms with E-state index in [9.17, 15) is 4.79 Å². The van der Waals surface area contributed by atoms with Crippen LogP contribution in [-0.2, 0) is 4.74 Å². The van der Waals surface area contributed by atoms with Crippen molar-refractivity contribution < 1.29 is 9.53 Å². The molecule has 3 heterocycles. The Labute approximate surface area is 192 Å². The number of hydrogen-bond acceptors (Lipinski definition) is 5. The van der Waals surface area contributed by atoms with Gasteiger partial charge < -0.3 is 19.1 Å². The molecule has 2 atom stereocenters. The number of halogens is 1. The first-order valence-electron chi connectivity index (χ1n) is 11.3. The summed E-state index contributed by atoms with van der Waals surface area (Å²) in [5.41, 5.74) is 3.18. The molecule has 2 fully saturated rings. The molecule has 0 unspecified atom stereocenters. The molecule has 2 aromatic heterocycles. The minimum atomic E-state index is -0.246. The van der Waals surface area contributed by atoms with E-state index in [0.717, 1.165) is 22.5 Å². The van der Waals surface area contributed by atoms with Crippen LogP contribution in [0.15, 0.2) is 36.8 Å². The highest BCUT2D eigenvalue weighted by atomic mass is 35.5. The number of nitrogens with zero attached hydrogens (tertiary/aromatic N) is 5. The number of hydrogen-bond donors (Lipinski definition) is 0. The molecule has 0 bridgehead atoms. The van der Waals surface area contributed by atoms with E-state index in [-0.39, 0.29) is 18.2 Å². The summed E-state index contributed by atoms with van der Waals surface area (Å²) in [6.45, 7) is 7.70. The van der Waals surface area contributed by atoms with Gasteiger partial charge in [0, 0.05) is 42.1 Å². The smallest absolute Gasteiger partial charge is 0.409 e. The second-order valence-electron chi connectivity index (χ2n) is 8.81. The summed E-state index contributed by atoms with van der Waals surface area (Å²) in [7, 11) is 0. The summed E-state index contributed by atoms with van der Waals surface area (Å²) in [5, 5.41) is 1.81. The Morgan fingerprint density at radius 3 is 2.59 bits per heavy atom. The third-order valence-corrected chi connectivity index (χ3v) is 6.62. The van der Waals surface area contributed by atoms with Crippen LogP contribution in [0.3, 0.4) is 0 Å². The Hall–Kier alpha value is -2.80. The van der Waals surface area contributed by atoms with E-state index in [0.29, 0.717) is 30.6 Å². The predicted molar refractivity (Wildman–Crippen MR) is 126 cm³/mol. The first-order valence-corrected chi connectivity index (χ1v) is 11.7. The molecule has 32 heavy (non-hydrogen) atoms. The Kier molecular flexibility index (Phi) is 5.45. The van der Waals surface area contributed by atoms with Crippen molar-refractivity contribution >= 4 is 34.5 Å². The number of rotatable bonds is 4. The molecule has 1 amide bonds. The fourth-order valence-electron chi connectivity index (χ4n) is 4.90. The number of fused-ring (bicyclic) bond motifs is 1. The molecular weight excluding hydrogens is 426 g/mol. The molecule has 168 valence electrons. The fourth-order valence-corrected chi connectivity index (χ4v) is 5.08. The Morgan fingerprint density at radius 2 is 1.94 bits per heavy atom. The molecule has 0 N–H and O–H groups in total. The van der Waals surface area contributed by atoms with Gasteiger partial charge in [-0.3, -0.25) is 0 Å². The SMILES string of the molecule is CCOC(=O)N1C[C@H](C)N(c2ncnc3c2c(C2CC2)cn3-c2cccc(Cl)c2)[C@@H](C)C1. The van der Waals surface area contributed by atoms with Crippen LogP contribution in [-0.4, -0.2) is 57.3 Å². The van der Waals surface area contributed by atoms with Crippen LogP contribution in [0, 0.1) is 0 Å². The molecule has 7 nitrogen and oxygen atoms in total. The Balaban J connectivity index is 1.59. The van der Waals surface area contributed by atoms with Crippen LogP contribution in [0.25, 0.3) is 16.7 Å². The van der Waals surface area contributed by atoms with E-state index >= 15 is 0 Å². The first kappa shape index (κ1) is 21.1. The molecule has 1 saturated carbocycles. The van der Waals surface area contributed by atoms with E-state index in [2.05, 4.69) is 34.5 Å². The third-order valence-electron chi connectivity index (χ3n) is 6.39. The van der Waals surface area contributed by atoms with Crippen LogP contribution in [0.1, 0.15) is 45.1 Å². The highest BCUT2D eigenvalue weighted by molar-refractivity contribution is 6.30. The van der Waals surface area contributed by atoms with E-state index in [1.807, 2.05) is 31.2 Å². The predicted octanol–water partition coefficient (Wildman–Crippen LogP) is 5.01. The van der Waals surface area contributed by atoms with E-state index < -0.39 is 0 Å². The zero-order valence-electron chi connectivity index (χ0n) is 18.7. The zero-order chi connectivity index (χ0) is 22.4. The van der Waals surface area contributed by atoms with E-state index in [1.54, 1.807) is 11.2 Å². The van der Waals surface area contributed by atoms with Gasteiger partial charge in [0.05, 0.1) is 12.0 Å². The van der Waals surface area contributed by atoms with Gasteiger partial charge in [0.1, 0.15) is 17.8 Å². The van der Waals surface area contributed by atoms with Gasteiger partial charge in [-0.1, -0.05) is 17.7 Å². The maximum atomic E-state index is 12.3.